The molecule has 1 aliphatic rings. The van der Waals surface area contributed by atoms with Gasteiger partial charge in [-0.15, -0.1) is 0 Å². The van der Waals surface area contributed by atoms with Gasteiger partial charge in [-0.3, -0.25) is 4.79 Å². The lowest BCUT2D eigenvalue weighted by Crippen LogP contribution is -2.37. The summed E-state index contributed by atoms with van der Waals surface area (Å²) in [6, 6.07) is 16.5. The van der Waals surface area contributed by atoms with Crippen LogP contribution in [0.3, 0.4) is 0 Å². The van der Waals surface area contributed by atoms with Crippen LogP contribution in [-0.2, 0) is 16.4 Å². The van der Waals surface area contributed by atoms with Gasteiger partial charge < -0.3 is 9.73 Å². The van der Waals surface area contributed by atoms with Gasteiger partial charge in [0.2, 0.25) is 10.0 Å². The molecule has 4 rings (SSSR count). The first-order chi connectivity index (χ1) is 14.9. The summed E-state index contributed by atoms with van der Waals surface area (Å²) >= 11 is 0. The van der Waals surface area contributed by atoms with E-state index in [1.807, 2.05) is 18.2 Å². The molecule has 0 bridgehead atoms. The SMILES string of the molecule is CC1CCN(S(=O)(=O)c2ccc3oc(C(=O)NCCCc4ccccc4)cc3c2)CC1. The predicted octanol–water partition coefficient (Wildman–Crippen LogP) is 4.22. The maximum Gasteiger partial charge on any atom is 0.287 e. The summed E-state index contributed by atoms with van der Waals surface area (Å²) < 4.78 is 33.2. The third-order valence-corrected chi connectivity index (χ3v) is 7.76. The first kappa shape index (κ1) is 21.6. The molecule has 1 fully saturated rings. The number of nitrogens with one attached hydrogen (secondary N) is 1. The summed E-state index contributed by atoms with van der Waals surface area (Å²) in [6.45, 7) is 3.78. The Morgan fingerprint density at radius 1 is 1.10 bits per heavy atom. The molecule has 1 amide bonds. The first-order valence-corrected chi connectivity index (χ1v) is 12.2. The maximum atomic E-state index is 13.0. The van der Waals surface area contributed by atoms with Gasteiger partial charge in [-0.05, 0) is 61.4 Å². The van der Waals surface area contributed by atoms with E-state index in [1.54, 1.807) is 28.6 Å². The van der Waals surface area contributed by atoms with Crippen LogP contribution in [0.2, 0.25) is 0 Å². The fourth-order valence-electron chi connectivity index (χ4n) is 3.89. The standard InChI is InChI=1S/C24H28N2O4S/c1-18-11-14-26(15-12-18)31(28,29)21-9-10-22-20(16-21)17-23(30-22)24(27)25-13-5-8-19-6-3-2-4-7-19/h2-4,6-7,9-10,16-18H,5,8,11-15H2,1H3,(H,25,27). The largest absolute Gasteiger partial charge is 0.451 e. The van der Waals surface area contributed by atoms with Gasteiger partial charge in [0.1, 0.15) is 5.58 Å². The van der Waals surface area contributed by atoms with E-state index in [4.69, 9.17) is 4.42 Å². The lowest BCUT2D eigenvalue weighted by molar-refractivity contribution is 0.0927. The molecule has 1 saturated heterocycles. The van der Waals surface area contributed by atoms with Crippen molar-refractivity contribution in [3.8, 4) is 0 Å². The Labute approximate surface area is 183 Å². The highest BCUT2D eigenvalue weighted by Gasteiger charge is 2.28. The third kappa shape index (κ3) is 4.99. The summed E-state index contributed by atoms with van der Waals surface area (Å²) in [5.74, 6) is 0.450. The number of carbonyl (C=O) groups is 1. The zero-order chi connectivity index (χ0) is 21.8. The van der Waals surface area contributed by atoms with E-state index in [0.717, 1.165) is 25.7 Å². The number of sulfonamides is 1. The topological polar surface area (TPSA) is 79.6 Å². The molecule has 0 radical (unpaired) electrons. The zero-order valence-electron chi connectivity index (χ0n) is 17.7. The average Bonchev–Trinajstić information content (AvgIpc) is 3.21. The number of furan rings is 1. The Morgan fingerprint density at radius 3 is 2.58 bits per heavy atom. The molecule has 1 aliphatic heterocycles. The van der Waals surface area contributed by atoms with E-state index < -0.39 is 10.0 Å². The Hall–Kier alpha value is -2.64. The second kappa shape index (κ2) is 9.24. The molecule has 0 aliphatic carbocycles. The second-order valence-electron chi connectivity index (χ2n) is 8.24. The Morgan fingerprint density at radius 2 is 1.84 bits per heavy atom. The summed E-state index contributed by atoms with van der Waals surface area (Å²) in [7, 11) is -3.54. The van der Waals surface area contributed by atoms with Crippen LogP contribution in [0.25, 0.3) is 11.0 Å². The molecule has 164 valence electrons. The van der Waals surface area contributed by atoms with Gasteiger partial charge in [-0.25, -0.2) is 8.42 Å². The molecule has 0 unspecified atom stereocenters. The van der Waals surface area contributed by atoms with Crippen LogP contribution in [-0.4, -0.2) is 38.3 Å². The number of nitrogens with zero attached hydrogens (tertiary/aromatic N) is 1. The minimum Gasteiger partial charge on any atom is -0.451 e. The highest BCUT2D eigenvalue weighted by Crippen LogP contribution is 2.27. The average molecular weight is 441 g/mol. The number of piperidine rings is 1. The summed E-state index contributed by atoms with van der Waals surface area (Å²) in [6.07, 6.45) is 3.47. The van der Waals surface area contributed by atoms with Crippen molar-refractivity contribution in [3.63, 3.8) is 0 Å². The van der Waals surface area contributed by atoms with Crippen molar-refractivity contribution in [3.05, 3.63) is 65.9 Å². The van der Waals surface area contributed by atoms with E-state index in [9.17, 15) is 13.2 Å². The molecule has 6 nitrogen and oxygen atoms in total. The Kier molecular flexibility index (Phi) is 6.43. The van der Waals surface area contributed by atoms with Gasteiger partial charge >= 0.3 is 0 Å². The van der Waals surface area contributed by atoms with E-state index >= 15 is 0 Å². The molecule has 1 N–H and O–H groups in total. The first-order valence-electron chi connectivity index (χ1n) is 10.8. The van der Waals surface area contributed by atoms with E-state index in [1.165, 1.54) is 5.56 Å². The van der Waals surface area contributed by atoms with Crippen LogP contribution in [0.4, 0.5) is 0 Å². The molecule has 0 spiro atoms. The van der Waals surface area contributed by atoms with Crippen molar-refractivity contribution in [1.82, 2.24) is 9.62 Å². The molecule has 0 atom stereocenters. The molecular weight excluding hydrogens is 412 g/mol. The van der Waals surface area contributed by atoms with Gasteiger partial charge in [0.15, 0.2) is 5.76 Å². The van der Waals surface area contributed by atoms with Gasteiger partial charge in [0, 0.05) is 25.0 Å². The fraction of sp³-hybridized carbons (Fsp3) is 0.375. The minimum atomic E-state index is -3.54. The van der Waals surface area contributed by atoms with Crippen LogP contribution >= 0.6 is 0 Å². The molecule has 2 heterocycles. The molecule has 2 aromatic carbocycles. The number of rotatable bonds is 7. The normalized spacial score (nSPS) is 15.9. The van der Waals surface area contributed by atoms with E-state index in [0.29, 0.717) is 36.5 Å². The fourth-order valence-corrected chi connectivity index (χ4v) is 5.40. The smallest absolute Gasteiger partial charge is 0.287 e. The number of aryl methyl sites for hydroxylation is 1. The summed E-state index contributed by atoms with van der Waals surface area (Å²) in [5, 5.41) is 3.48. The lowest BCUT2D eigenvalue weighted by atomic mass is 10.0. The Balaban J connectivity index is 1.40. The minimum absolute atomic E-state index is 0.191. The summed E-state index contributed by atoms with van der Waals surface area (Å²) in [5.41, 5.74) is 1.73. The van der Waals surface area contributed by atoms with Crippen LogP contribution in [0.5, 0.6) is 0 Å². The second-order valence-corrected chi connectivity index (χ2v) is 10.2. The molecule has 31 heavy (non-hydrogen) atoms. The van der Waals surface area contributed by atoms with Crippen molar-refractivity contribution in [2.24, 2.45) is 5.92 Å². The summed E-state index contributed by atoms with van der Waals surface area (Å²) in [4.78, 5) is 12.7. The molecule has 1 aromatic heterocycles. The monoisotopic (exact) mass is 440 g/mol. The van der Waals surface area contributed by atoms with Gasteiger partial charge in [-0.2, -0.15) is 4.31 Å². The van der Waals surface area contributed by atoms with Gasteiger partial charge in [-0.1, -0.05) is 37.3 Å². The van der Waals surface area contributed by atoms with Crippen LogP contribution < -0.4 is 5.32 Å². The van der Waals surface area contributed by atoms with Crippen molar-refractivity contribution in [1.29, 1.82) is 0 Å². The molecule has 0 saturated carbocycles. The quantitative estimate of drug-likeness (QED) is 0.558. The number of hydrogen-bond acceptors (Lipinski definition) is 4. The maximum absolute atomic E-state index is 13.0. The number of amides is 1. The number of fused-ring (bicyclic) bond motifs is 1. The molecule has 3 aromatic rings. The van der Waals surface area contributed by atoms with Crippen LogP contribution in [0.15, 0.2) is 63.9 Å². The van der Waals surface area contributed by atoms with E-state index in [2.05, 4.69) is 24.4 Å². The number of hydrogen-bond donors (Lipinski definition) is 1. The predicted molar refractivity (Wildman–Crippen MR) is 120 cm³/mol. The van der Waals surface area contributed by atoms with Crippen molar-refractivity contribution in [2.75, 3.05) is 19.6 Å². The van der Waals surface area contributed by atoms with Crippen LogP contribution in [0, 0.1) is 5.92 Å². The Bertz CT molecular complexity index is 1150. The molecule has 7 heteroatoms. The van der Waals surface area contributed by atoms with Crippen molar-refractivity contribution in [2.45, 2.75) is 37.5 Å². The highest BCUT2D eigenvalue weighted by atomic mass is 32.2. The van der Waals surface area contributed by atoms with Gasteiger partial charge in [0.05, 0.1) is 4.90 Å². The van der Waals surface area contributed by atoms with Gasteiger partial charge in [0.25, 0.3) is 5.91 Å². The van der Waals surface area contributed by atoms with Crippen molar-refractivity contribution >= 4 is 26.9 Å². The number of benzene rings is 2. The highest BCUT2D eigenvalue weighted by molar-refractivity contribution is 7.89. The zero-order valence-corrected chi connectivity index (χ0v) is 18.5. The van der Waals surface area contributed by atoms with Crippen molar-refractivity contribution < 1.29 is 17.6 Å². The van der Waals surface area contributed by atoms with E-state index in [-0.39, 0.29) is 16.6 Å². The number of carbonyl (C=O) groups excluding carboxylic acids is 1. The van der Waals surface area contributed by atoms with Crippen LogP contribution in [0.1, 0.15) is 42.3 Å². The lowest BCUT2D eigenvalue weighted by Gasteiger charge is -2.29. The molecular formula is C24H28N2O4S. The third-order valence-electron chi connectivity index (χ3n) is 5.86.